The van der Waals surface area contributed by atoms with Gasteiger partial charge in [-0.05, 0) is 58.6 Å². The van der Waals surface area contributed by atoms with Gasteiger partial charge in [0, 0.05) is 18.3 Å². The standard InChI is InChI=1S/C15H29N3/c1-6-8-16-14(5)10-13(4)11-15-7-9-18(17-15)12(2)3/h7,9,12-14,16H,6,8,10-11H2,1-5H3. The molecular formula is C15H29N3. The van der Waals surface area contributed by atoms with E-state index in [1.165, 1.54) is 18.5 Å². The van der Waals surface area contributed by atoms with Gasteiger partial charge in [-0.15, -0.1) is 0 Å². The van der Waals surface area contributed by atoms with Gasteiger partial charge in [-0.25, -0.2) is 0 Å². The van der Waals surface area contributed by atoms with E-state index in [2.05, 4.69) is 57.3 Å². The van der Waals surface area contributed by atoms with Crippen molar-refractivity contribution in [1.82, 2.24) is 15.1 Å². The van der Waals surface area contributed by atoms with E-state index in [-0.39, 0.29) is 0 Å². The van der Waals surface area contributed by atoms with Crippen molar-refractivity contribution in [3.8, 4) is 0 Å². The van der Waals surface area contributed by atoms with Gasteiger partial charge in [-0.2, -0.15) is 5.10 Å². The fraction of sp³-hybridized carbons (Fsp3) is 0.800. The third-order valence-electron chi connectivity index (χ3n) is 3.25. The lowest BCUT2D eigenvalue weighted by Gasteiger charge is -2.17. The molecule has 3 nitrogen and oxygen atoms in total. The summed E-state index contributed by atoms with van der Waals surface area (Å²) in [5.41, 5.74) is 1.22. The lowest BCUT2D eigenvalue weighted by molar-refractivity contribution is 0.414. The van der Waals surface area contributed by atoms with E-state index in [9.17, 15) is 0 Å². The molecule has 2 unspecified atom stereocenters. The summed E-state index contributed by atoms with van der Waals surface area (Å²) in [4.78, 5) is 0. The van der Waals surface area contributed by atoms with Crippen LogP contribution in [0.25, 0.3) is 0 Å². The molecule has 2 atom stereocenters. The molecule has 0 aliphatic heterocycles. The van der Waals surface area contributed by atoms with Crippen molar-refractivity contribution in [3.05, 3.63) is 18.0 Å². The van der Waals surface area contributed by atoms with Crippen LogP contribution in [0.4, 0.5) is 0 Å². The summed E-state index contributed by atoms with van der Waals surface area (Å²) in [6.07, 6.45) is 5.59. The Balaban J connectivity index is 2.36. The van der Waals surface area contributed by atoms with Crippen LogP contribution in [0.15, 0.2) is 12.3 Å². The summed E-state index contributed by atoms with van der Waals surface area (Å²) in [5, 5.41) is 8.16. The molecule has 0 amide bonds. The average Bonchev–Trinajstić information content (AvgIpc) is 2.74. The predicted octanol–water partition coefficient (Wildman–Crippen LogP) is 3.42. The summed E-state index contributed by atoms with van der Waals surface area (Å²) < 4.78 is 2.04. The Morgan fingerprint density at radius 1 is 1.28 bits per heavy atom. The third kappa shape index (κ3) is 5.21. The highest BCUT2D eigenvalue weighted by Gasteiger charge is 2.11. The maximum absolute atomic E-state index is 4.62. The highest BCUT2D eigenvalue weighted by Crippen LogP contribution is 2.13. The monoisotopic (exact) mass is 251 g/mol. The van der Waals surface area contributed by atoms with Crippen molar-refractivity contribution in [3.63, 3.8) is 0 Å². The molecule has 3 heteroatoms. The molecule has 0 fully saturated rings. The lowest BCUT2D eigenvalue weighted by atomic mass is 9.98. The highest BCUT2D eigenvalue weighted by molar-refractivity contribution is 5.00. The van der Waals surface area contributed by atoms with Crippen LogP contribution in [-0.2, 0) is 6.42 Å². The molecule has 1 N–H and O–H groups in total. The first-order valence-corrected chi connectivity index (χ1v) is 7.30. The second kappa shape index (κ2) is 7.57. The van der Waals surface area contributed by atoms with Crippen molar-refractivity contribution < 1.29 is 0 Å². The Morgan fingerprint density at radius 2 is 2.00 bits per heavy atom. The first-order valence-electron chi connectivity index (χ1n) is 7.30. The molecule has 0 aromatic carbocycles. The second-order valence-electron chi connectivity index (χ2n) is 5.78. The first kappa shape index (κ1) is 15.2. The van der Waals surface area contributed by atoms with Crippen molar-refractivity contribution >= 4 is 0 Å². The Labute approximate surface area is 112 Å². The Hall–Kier alpha value is -0.830. The van der Waals surface area contributed by atoms with Crippen molar-refractivity contribution in [2.24, 2.45) is 5.92 Å². The molecular weight excluding hydrogens is 222 g/mol. The molecule has 0 saturated carbocycles. The van der Waals surface area contributed by atoms with Gasteiger partial charge in [-0.1, -0.05) is 13.8 Å². The van der Waals surface area contributed by atoms with Gasteiger partial charge >= 0.3 is 0 Å². The van der Waals surface area contributed by atoms with Gasteiger partial charge in [-0.3, -0.25) is 4.68 Å². The maximum Gasteiger partial charge on any atom is 0.0627 e. The van der Waals surface area contributed by atoms with E-state index in [0.717, 1.165) is 13.0 Å². The average molecular weight is 251 g/mol. The minimum Gasteiger partial charge on any atom is -0.314 e. The van der Waals surface area contributed by atoms with Crippen molar-refractivity contribution in [1.29, 1.82) is 0 Å². The van der Waals surface area contributed by atoms with Crippen molar-refractivity contribution in [2.75, 3.05) is 6.54 Å². The van der Waals surface area contributed by atoms with Crippen LogP contribution in [0.5, 0.6) is 0 Å². The molecule has 1 rings (SSSR count). The smallest absolute Gasteiger partial charge is 0.0627 e. The molecule has 1 aromatic heterocycles. The zero-order valence-corrected chi connectivity index (χ0v) is 12.6. The van der Waals surface area contributed by atoms with Crippen LogP contribution in [-0.4, -0.2) is 22.4 Å². The fourth-order valence-corrected chi connectivity index (χ4v) is 2.29. The van der Waals surface area contributed by atoms with Crippen LogP contribution < -0.4 is 5.32 Å². The molecule has 0 aliphatic carbocycles. The SMILES string of the molecule is CCCNC(C)CC(C)Cc1ccn(C(C)C)n1. The summed E-state index contributed by atoms with van der Waals surface area (Å²) in [6.45, 7) is 12.3. The summed E-state index contributed by atoms with van der Waals surface area (Å²) in [5.74, 6) is 0.680. The lowest BCUT2D eigenvalue weighted by Crippen LogP contribution is -2.28. The number of hydrogen-bond acceptors (Lipinski definition) is 2. The van der Waals surface area contributed by atoms with Crippen LogP contribution in [0.2, 0.25) is 0 Å². The fourth-order valence-electron chi connectivity index (χ4n) is 2.29. The molecule has 1 heterocycles. The van der Waals surface area contributed by atoms with Gasteiger partial charge in [0.2, 0.25) is 0 Å². The number of aromatic nitrogens is 2. The predicted molar refractivity (Wildman–Crippen MR) is 77.9 cm³/mol. The molecule has 0 bridgehead atoms. The maximum atomic E-state index is 4.62. The number of nitrogens with one attached hydrogen (secondary N) is 1. The summed E-state index contributed by atoms with van der Waals surface area (Å²) >= 11 is 0. The zero-order valence-electron chi connectivity index (χ0n) is 12.6. The summed E-state index contributed by atoms with van der Waals surface area (Å²) in [6, 6.07) is 3.21. The minimum atomic E-state index is 0.458. The van der Waals surface area contributed by atoms with E-state index in [1.54, 1.807) is 0 Å². The molecule has 0 radical (unpaired) electrons. The van der Waals surface area contributed by atoms with Crippen LogP contribution in [0.3, 0.4) is 0 Å². The van der Waals surface area contributed by atoms with Gasteiger partial charge in [0.25, 0.3) is 0 Å². The van der Waals surface area contributed by atoms with E-state index in [0.29, 0.717) is 18.0 Å². The normalized spacial score (nSPS) is 15.0. The van der Waals surface area contributed by atoms with Crippen molar-refractivity contribution in [2.45, 2.75) is 66.0 Å². The molecule has 0 spiro atoms. The quantitative estimate of drug-likeness (QED) is 0.767. The van der Waals surface area contributed by atoms with E-state index < -0.39 is 0 Å². The zero-order chi connectivity index (χ0) is 13.5. The Bertz CT molecular complexity index is 330. The number of hydrogen-bond donors (Lipinski definition) is 1. The second-order valence-corrected chi connectivity index (χ2v) is 5.78. The molecule has 18 heavy (non-hydrogen) atoms. The largest absolute Gasteiger partial charge is 0.314 e. The highest BCUT2D eigenvalue weighted by atomic mass is 15.3. The minimum absolute atomic E-state index is 0.458. The topological polar surface area (TPSA) is 29.9 Å². The third-order valence-corrected chi connectivity index (χ3v) is 3.25. The Kier molecular flexibility index (Phi) is 6.41. The van der Waals surface area contributed by atoms with Crippen LogP contribution in [0.1, 0.15) is 59.2 Å². The van der Waals surface area contributed by atoms with E-state index >= 15 is 0 Å². The van der Waals surface area contributed by atoms with Crippen LogP contribution >= 0.6 is 0 Å². The molecule has 0 aliphatic rings. The number of nitrogens with zero attached hydrogens (tertiary/aromatic N) is 2. The Morgan fingerprint density at radius 3 is 2.56 bits per heavy atom. The first-order chi connectivity index (χ1) is 8.52. The van der Waals surface area contributed by atoms with Gasteiger partial charge in [0.15, 0.2) is 0 Å². The van der Waals surface area contributed by atoms with E-state index in [1.807, 2.05) is 4.68 Å². The number of rotatable bonds is 8. The van der Waals surface area contributed by atoms with Crippen LogP contribution in [0, 0.1) is 5.92 Å². The summed E-state index contributed by atoms with van der Waals surface area (Å²) in [7, 11) is 0. The molecule has 1 aromatic rings. The van der Waals surface area contributed by atoms with Gasteiger partial charge in [0.05, 0.1) is 5.69 Å². The van der Waals surface area contributed by atoms with Gasteiger partial charge < -0.3 is 5.32 Å². The van der Waals surface area contributed by atoms with E-state index in [4.69, 9.17) is 0 Å². The van der Waals surface area contributed by atoms with Gasteiger partial charge in [0.1, 0.15) is 0 Å². The molecule has 0 saturated heterocycles. The molecule has 104 valence electrons.